The predicted molar refractivity (Wildman–Crippen MR) is 89.7 cm³/mol. The van der Waals surface area contributed by atoms with Crippen LogP contribution in [0.2, 0.25) is 0 Å². The fourth-order valence-electron chi connectivity index (χ4n) is 2.68. The lowest BCUT2D eigenvalue weighted by Gasteiger charge is -2.08. The summed E-state index contributed by atoms with van der Waals surface area (Å²) in [5.41, 5.74) is 4.32. The van der Waals surface area contributed by atoms with Crippen molar-refractivity contribution in [2.45, 2.75) is 26.7 Å². The molecular weight excluding hydrogens is 290 g/mol. The van der Waals surface area contributed by atoms with Gasteiger partial charge in [0.1, 0.15) is 0 Å². The molecule has 120 valence electrons. The van der Waals surface area contributed by atoms with Crippen LogP contribution in [0.1, 0.15) is 32.6 Å². The Balaban J connectivity index is 1.89. The molecule has 0 radical (unpaired) electrons. The second-order valence-corrected chi connectivity index (χ2v) is 5.73. The lowest BCUT2D eigenvalue weighted by Crippen LogP contribution is -2.27. The van der Waals surface area contributed by atoms with Gasteiger partial charge in [-0.15, -0.1) is 0 Å². The lowest BCUT2D eigenvalue weighted by molar-refractivity contribution is -0.120. The molecule has 0 saturated heterocycles. The fraction of sp³-hybridized carbons (Fsp3) is 0.263. The van der Waals surface area contributed by atoms with E-state index in [9.17, 15) is 9.59 Å². The minimum Gasteiger partial charge on any atom is -0.478 e. The minimum atomic E-state index is -1.01. The van der Waals surface area contributed by atoms with Gasteiger partial charge in [0, 0.05) is 6.54 Å². The number of carboxylic acid groups (broad SMARTS) is 1. The molecular formula is C19H21NO3. The highest BCUT2D eigenvalue weighted by molar-refractivity contribution is 5.91. The Morgan fingerprint density at radius 2 is 1.70 bits per heavy atom. The summed E-state index contributed by atoms with van der Waals surface area (Å²) in [6, 6.07) is 12.9. The van der Waals surface area contributed by atoms with Crippen LogP contribution < -0.4 is 5.32 Å². The van der Waals surface area contributed by atoms with E-state index < -0.39 is 5.97 Å². The third-order valence-electron chi connectivity index (χ3n) is 3.62. The third kappa shape index (κ3) is 4.95. The average molecular weight is 311 g/mol. The van der Waals surface area contributed by atoms with E-state index in [-0.39, 0.29) is 17.9 Å². The Bertz CT molecular complexity index is 702. The Kier molecular flexibility index (Phi) is 5.52. The summed E-state index contributed by atoms with van der Waals surface area (Å²) in [6.45, 7) is 4.65. The van der Waals surface area contributed by atoms with E-state index in [0.717, 1.165) is 6.42 Å². The van der Waals surface area contributed by atoms with Crippen LogP contribution >= 0.6 is 0 Å². The van der Waals surface area contributed by atoms with E-state index in [1.807, 2.05) is 0 Å². The number of rotatable bonds is 6. The van der Waals surface area contributed by atoms with Crippen LogP contribution in [-0.2, 0) is 17.6 Å². The molecule has 2 aromatic rings. The van der Waals surface area contributed by atoms with Gasteiger partial charge < -0.3 is 10.4 Å². The van der Waals surface area contributed by atoms with Gasteiger partial charge in [0.15, 0.2) is 0 Å². The Morgan fingerprint density at radius 3 is 2.35 bits per heavy atom. The number of aryl methyl sites for hydroxylation is 2. The third-order valence-corrected chi connectivity index (χ3v) is 3.62. The standard InChI is InChI=1S/C19H21NO3/c1-13-9-14(2)11-15(10-13)7-8-20-18(21)12-16-5-3-4-6-17(16)19(22)23/h3-6,9-11H,7-8,12H2,1-2H3,(H,20,21)(H,22,23). The first-order valence-corrected chi connectivity index (χ1v) is 7.61. The van der Waals surface area contributed by atoms with Gasteiger partial charge in [0.25, 0.3) is 0 Å². The number of hydrogen-bond donors (Lipinski definition) is 2. The molecule has 0 aliphatic carbocycles. The van der Waals surface area contributed by atoms with Crippen molar-refractivity contribution in [1.82, 2.24) is 5.32 Å². The maximum absolute atomic E-state index is 12.0. The first kappa shape index (κ1) is 16.7. The number of carbonyl (C=O) groups excluding carboxylic acids is 1. The van der Waals surface area contributed by atoms with Crippen molar-refractivity contribution >= 4 is 11.9 Å². The summed E-state index contributed by atoms with van der Waals surface area (Å²) < 4.78 is 0. The van der Waals surface area contributed by atoms with Crippen molar-refractivity contribution in [2.24, 2.45) is 0 Å². The number of carbonyl (C=O) groups is 2. The van der Waals surface area contributed by atoms with Gasteiger partial charge in [-0.05, 0) is 37.5 Å². The lowest BCUT2D eigenvalue weighted by atomic mass is 10.0. The van der Waals surface area contributed by atoms with Gasteiger partial charge in [-0.3, -0.25) is 4.79 Å². The highest BCUT2D eigenvalue weighted by Crippen LogP contribution is 2.10. The van der Waals surface area contributed by atoms with Crippen molar-refractivity contribution in [3.63, 3.8) is 0 Å². The summed E-state index contributed by atoms with van der Waals surface area (Å²) in [4.78, 5) is 23.1. The summed E-state index contributed by atoms with van der Waals surface area (Å²) >= 11 is 0. The first-order chi connectivity index (χ1) is 11.0. The molecule has 0 aliphatic heterocycles. The molecule has 0 spiro atoms. The topological polar surface area (TPSA) is 66.4 Å². The van der Waals surface area contributed by atoms with E-state index in [1.165, 1.54) is 22.8 Å². The van der Waals surface area contributed by atoms with Crippen LogP contribution in [0.4, 0.5) is 0 Å². The van der Waals surface area contributed by atoms with Crippen molar-refractivity contribution in [1.29, 1.82) is 0 Å². The van der Waals surface area contributed by atoms with E-state index in [4.69, 9.17) is 5.11 Å². The van der Waals surface area contributed by atoms with E-state index in [2.05, 4.69) is 37.4 Å². The molecule has 2 aromatic carbocycles. The van der Waals surface area contributed by atoms with Gasteiger partial charge in [0.05, 0.1) is 12.0 Å². The average Bonchev–Trinajstić information content (AvgIpc) is 2.46. The zero-order valence-electron chi connectivity index (χ0n) is 13.4. The van der Waals surface area contributed by atoms with E-state index >= 15 is 0 Å². The molecule has 0 atom stereocenters. The van der Waals surface area contributed by atoms with Gasteiger partial charge in [-0.25, -0.2) is 4.79 Å². The molecule has 0 fully saturated rings. The molecule has 0 saturated carbocycles. The quantitative estimate of drug-likeness (QED) is 0.862. The summed E-state index contributed by atoms with van der Waals surface area (Å²) in [7, 11) is 0. The van der Waals surface area contributed by atoms with Gasteiger partial charge in [0.2, 0.25) is 5.91 Å². The molecule has 1 amide bonds. The second kappa shape index (κ2) is 7.58. The number of amides is 1. The Labute approximate surface area is 136 Å². The number of carboxylic acids is 1. The maximum atomic E-state index is 12.0. The van der Waals surface area contributed by atoms with Crippen LogP contribution in [0.5, 0.6) is 0 Å². The first-order valence-electron chi connectivity index (χ1n) is 7.61. The highest BCUT2D eigenvalue weighted by atomic mass is 16.4. The van der Waals surface area contributed by atoms with Crippen molar-refractivity contribution in [3.05, 3.63) is 70.3 Å². The van der Waals surface area contributed by atoms with Gasteiger partial charge >= 0.3 is 5.97 Å². The predicted octanol–water partition coefficient (Wildman–Crippen LogP) is 2.90. The van der Waals surface area contributed by atoms with E-state index in [1.54, 1.807) is 18.2 Å². The zero-order chi connectivity index (χ0) is 16.8. The molecule has 2 rings (SSSR count). The van der Waals surface area contributed by atoms with Crippen LogP contribution in [0.3, 0.4) is 0 Å². The Hall–Kier alpha value is -2.62. The molecule has 0 bridgehead atoms. The van der Waals surface area contributed by atoms with Crippen LogP contribution in [0.25, 0.3) is 0 Å². The molecule has 0 heterocycles. The maximum Gasteiger partial charge on any atom is 0.335 e. The normalized spacial score (nSPS) is 10.3. The largest absolute Gasteiger partial charge is 0.478 e. The van der Waals surface area contributed by atoms with Crippen LogP contribution in [0, 0.1) is 13.8 Å². The smallest absolute Gasteiger partial charge is 0.335 e. The molecule has 0 aromatic heterocycles. The number of nitrogens with one attached hydrogen (secondary N) is 1. The number of benzene rings is 2. The van der Waals surface area contributed by atoms with Gasteiger partial charge in [-0.1, -0.05) is 47.5 Å². The number of hydrogen-bond acceptors (Lipinski definition) is 2. The molecule has 2 N–H and O–H groups in total. The summed E-state index contributed by atoms with van der Waals surface area (Å²) in [6.07, 6.45) is 0.837. The SMILES string of the molecule is Cc1cc(C)cc(CCNC(=O)Cc2ccccc2C(=O)O)c1. The van der Waals surface area contributed by atoms with E-state index in [0.29, 0.717) is 12.1 Å². The Morgan fingerprint density at radius 1 is 1.04 bits per heavy atom. The fourth-order valence-corrected chi connectivity index (χ4v) is 2.68. The molecule has 0 unspecified atom stereocenters. The molecule has 4 heteroatoms. The van der Waals surface area contributed by atoms with Crippen molar-refractivity contribution in [3.8, 4) is 0 Å². The van der Waals surface area contributed by atoms with Crippen LogP contribution in [0.15, 0.2) is 42.5 Å². The molecule has 4 nitrogen and oxygen atoms in total. The highest BCUT2D eigenvalue weighted by Gasteiger charge is 2.12. The van der Waals surface area contributed by atoms with Crippen molar-refractivity contribution < 1.29 is 14.7 Å². The minimum absolute atomic E-state index is 0.0787. The zero-order valence-corrected chi connectivity index (χ0v) is 13.4. The van der Waals surface area contributed by atoms with Crippen molar-refractivity contribution in [2.75, 3.05) is 6.54 Å². The molecule has 0 aliphatic rings. The number of aromatic carboxylic acids is 1. The summed E-state index contributed by atoms with van der Waals surface area (Å²) in [5.74, 6) is -1.17. The molecule has 23 heavy (non-hydrogen) atoms. The van der Waals surface area contributed by atoms with Crippen LogP contribution in [-0.4, -0.2) is 23.5 Å². The summed E-state index contributed by atoms with van der Waals surface area (Å²) in [5, 5.41) is 12.0. The second-order valence-electron chi connectivity index (χ2n) is 5.73. The van der Waals surface area contributed by atoms with Gasteiger partial charge in [-0.2, -0.15) is 0 Å². The monoisotopic (exact) mass is 311 g/mol.